The van der Waals surface area contributed by atoms with Crippen molar-refractivity contribution in [2.45, 2.75) is 51.2 Å². The minimum Gasteiger partial charge on any atom is -0.338 e. The summed E-state index contributed by atoms with van der Waals surface area (Å²) in [6.07, 6.45) is 3.08. The molecule has 1 fully saturated rings. The zero-order chi connectivity index (χ0) is 20.7. The lowest BCUT2D eigenvalue weighted by Gasteiger charge is -2.24. The van der Waals surface area contributed by atoms with Crippen LogP contribution in [0.2, 0.25) is 0 Å². The lowest BCUT2D eigenvalue weighted by Crippen LogP contribution is -2.39. The molecule has 2 aromatic heterocycles. The molecule has 0 aliphatic carbocycles. The number of hydrogen-bond acceptors (Lipinski definition) is 7. The third kappa shape index (κ3) is 3.44. The van der Waals surface area contributed by atoms with Crippen molar-refractivity contribution in [3.63, 3.8) is 0 Å². The number of ketones is 1. The molecular weight excluding hydrogens is 398 g/mol. The van der Waals surface area contributed by atoms with Gasteiger partial charge in [-0.3, -0.25) is 14.2 Å². The van der Waals surface area contributed by atoms with Gasteiger partial charge in [-0.2, -0.15) is 0 Å². The molecule has 0 radical (unpaired) electrons. The summed E-state index contributed by atoms with van der Waals surface area (Å²) in [5, 5.41) is 4.05. The molecule has 4 heterocycles. The van der Waals surface area contributed by atoms with Crippen LogP contribution >= 0.6 is 11.3 Å². The summed E-state index contributed by atoms with van der Waals surface area (Å²) in [4.78, 5) is 38.2. The van der Waals surface area contributed by atoms with Crippen molar-refractivity contribution < 1.29 is 4.79 Å². The van der Waals surface area contributed by atoms with Crippen LogP contribution in [0.1, 0.15) is 43.6 Å². The van der Waals surface area contributed by atoms with E-state index in [0.29, 0.717) is 23.3 Å². The SMILES string of the molecule is C[C@@H]1CNCc2nc3sc(N4CCC[C@@H]4C(=O)CCc4ccccc4)nc3c(=O)n21. The average Bonchev–Trinajstić information content (AvgIpc) is 3.40. The minimum atomic E-state index is -0.160. The predicted octanol–water partition coefficient (Wildman–Crippen LogP) is 2.69. The molecule has 1 N–H and O–H groups in total. The van der Waals surface area contributed by atoms with Gasteiger partial charge in [-0.15, -0.1) is 0 Å². The van der Waals surface area contributed by atoms with Gasteiger partial charge in [-0.1, -0.05) is 41.7 Å². The zero-order valence-electron chi connectivity index (χ0n) is 17.0. The first-order valence-electron chi connectivity index (χ1n) is 10.6. The molecule has 3 aromatic rings. The standard InChI is InChI=1S/C22H25N5O2S/c1-14-12-23-13-18-24-20-19(21(29)27(14)18)25-22(30-20)26-11-5-8-16(26)17(28)10-9-15-6-3-2-4-7-15/h2-4,6-7,14,16,23H,5,8-13H2,1H3/t14-,16-/m1/s1. The predicted molar refractivity (Wildman–Crippen MR) is 118 cm³/mol. The molecule has 0 unspecified atom stereocenters. The number of anilines is 1. The van der Waals surface area contributed by atoms with E-state index in [9.17, 15) is 9.59 Å². The normalized spacial score (nSPS) is 21.2. The van der Waals surface area contributed by atoms with Gasteiger partial charge in [0.15, 0.2) is 21.3 Å². The van der Waals surface area contributed by atoms with Gasteiger partial charge in [-0.05, 0) is 31.7 Å². The molecule has 1 saturated heterocycles. The second kappa shape index (κ2) is 7.92. The maximum absolute atomic E-state index is 13.0. The largest absolute Gasteiger partial charge is 0.338 e. The van der Waals surface area contributed by atoms with Crippen LogP contribution in [0.25, 0.3) is 10.3 Å². The Kier molecular flexibility index (Phi) is 5.12. The number of aromatic nitrogens is 3. The molecule has 7 nitrogen and oxygen atoms in total. The summed E-state index contributed by atoms with van der Waals surface area (Å²) in [6.45, 7) is 4.15. The molecule has 156 valence electrons. The van der Waals surface area contributed by atoms with E-state index in [-0.39, 0.29) is 23.4 Å². The summed E-state index contributed by atoms with van der Waals surface area (Å²) in [6, 6.07) is 10.0. The Morgan fingerprint density at radius 2 is 2.10 bits per heavy atom. The summed E-state index contributed by atoms with van der Waals surface area (Å²) < 4.78 is 1.76. The molecule has 2 aliphatic heterocycles. The lowest BCUT2D eigenvalue weighted by atomic mass is 10.0. The molecule has 5 rings (SSSR count). The Morgan fingerprint density at radius 3 is 2.93 bits per heavy atom. The Morgan fingerprint density at radius 1 is 1.27 bits per heavy atom. The molecular formula is C22H25N5O2S. The third-order valence-corrected chi connectivity index (χ3v) is 7.05. The zero-order valence-corrected chi connectivity index (χ0v) is 17.8. The lowest BCUT2D eigenvalue weighted by molar-refractivity contribution is -0.120. The van der Waals surface area contributed by atoms with Crippen LogP contribution in [0.3, 0.4) is 0 Å². The monoisotopic (exact) mass is 423 g/mol. The van der Waals surface area contributed by atoms with Gasteiger partial charge < -0.3 is 10.2 Å². The second-order valence-electron chi connectivity index (χ2n) is 8.14. The maximum atomic E-state index is 13.0. The number of aryl methyl sites for hydroxylation is 1. The molecule has 1 aromatic carbocycles. The van der Waals surface area contributed by atoms with Crippen molar-refractivity contribution in [1.29, 1.82) is 0 Å². The minimum absolute atomic E-state index is 0.0578. The van der Waals surface area contributed by atoms with Crippen molar-refractivity contribution in [2.75, 3.05) is 18.0 Å². The molecule has 0 saturated carbocycles. The van der Waals surface area contributed by atoms with Crippen LogP contribution in [0.15, 0.2) is 35.1 Å². The van der Waals surface area contributed by atoms with Gasteiger partial charge >= 0.3 is 0 Å². The number of fused-ring (bicyclic) bond motifs is 2. The first kappa shape index (κ1) is 19.4. The van der Waals surface area contributed by atoms with Crippen LogP contribution in [0, 0.1) is 0 Å². The first-order chi connectivity index (χ1) is 14.6. The molecule has 30 heavy (non-hydrogen) atoms. The third-order valence-electron chi connectivity index (χ3n) is 6.06. The highest BCUT2D eigenvalue weighted by Gasteiger charge is 2.33. The van der Waals surface area contributed by atoms with Gasteiger partial charge in [0.05, 0.1) is 12.6 Å². The van der Waals surface area contributed by atoms with Crippen LogP contribution in [0.4, 0.5) is 5.13 Å². The maximum Gasteiger partial charge on any atom is 0.281 e. The number of rotatable bonds is 5. The molecule has 0 bridgehead atoms. The van der Waals surface area contributed by atoms with Gasteiger partial charge in [0.25, 0.3) is 5.56 Å². The number of Topliss-reactive ketones (excluding diaryl/α,β-unsaturated/α-hetero) is 1. The Balaban J connectivity index is 1.41. The van der Waals surface area contributed by atoms with E-state index < -0.39 is 0 Å². The summed E-state index contributed by atoms with van der Waals surface area (Å²) in [5.74, 6) is 1.01. The van der Waals surface area contributed by atoms with Crippen molar-refractivity contribution >= 4 is 32.6 Å². The van der Waals surface area contributed by atoms with Crippen molar-refractivity contribution in [3.05, 3.63) is 52.1 Å². The smallest absolute Gasteiger partial charge is 0.281 e. The number of benzene rings is 1. The fourth-order valence-corrected chi connectivity index (χ4v) is 5.54. The first-order valence-corrected chi connectivity index (χ1v) is 11.4. The fourth-order valence-electron chi connectivity index (χ4n) is 4.51. The van der Waals surface area contributed by atoms with E-state index >= 15 is 0 Å². The topological polar surface area (TPSA) is 80.1 Å². The summed E-state index contributed by atoms with van der Waals surface area (Å²) >= 11 is 1.43. The summed E-state index contributed by atoms with van der Waals surface area (Å²) in [7, 11) is 0. The quantitative estimate of drug-likeness (QED) is 0.680. The molecule has 8 heteroatoms. The van der Waals surface area contributed by atoms with Gasteiger partial charge in [0.1, 0.15) is 5.82 Å². The number of thiazole rings is 1. The Bertz CT molecular complexity index is 1140. The Labute approximate surface area is 178 Å². The molecule has 2 aliphatic rings. The van der Waals surface area contributed by atoms with Crippen LogP contribution in [-0.2, 0) is 17.8 Å². The molecule has 2 atom stereocenters. The molecule has 0 amide bonds. The van der Waals surface area contributed by atoms with Gasteiger partial charge in [-0.25, -0.2) is 9.97 Å². The Hall–Kier alpha value is -2.58. The van der Waals surface area contributed by atoms with E-state index in [1.807, 2.05) is 25.1 Å². The van der Waals surface area contributed by atoms with E-state index in [2.05, 4.69) is 27.3 Å². The number of hydrogen-bond donors (Lipinski definition) is 1. The number of nitrogens with zero attached hydrogens (tertiary/aromatic N) is 4. The average molecular weight is 424 g/mol. The van der Waals surface area contributed by atoms with Crippen molar-refractivity contribution in [2.24, 2.45) is 0 Å². The van der Waals surface area contributed by atoms with E-state index in [4.69, 9.17) is 4.98 Å². The van der Waals surface area contributed by atoms with Crippen LogP contribution in [-0.4, -0.2) is 39.4 Å². The van der Waals surface area contributed by atoms with Gasteiger partial charge in [0, 0.05) is 25.6 Å². The van der Waals surface area contributed by atoms with Crippen molar-refractivity contribution in [1.82, 2.24) is 19.9 Å². The van der Waals surface area contributed by atoms with E-state index in [1.165, 1.54) is 16.9 Å². The number of carbonyl (C=O) groups excluding carboxylic acids is 1. The fraction of sp³-hybridized carbons (Fsp3) is 0.455. The van der Waals surface area contributed by atoms with E-state index in [0.717, 1.165) is 43.3 Å². The molecule has 0 spiro atoms. The number of nitrogens with one attached hydrogen (secondary N) is 1. The highest BCUT2D eigenvalue weighted by Crippen LogP contribution is 2.33. The second-order valence-corrected chi connectivity index (χ2v) is 9.09. The highest BCUT2D eigenvalue weighted by atomic mass is 32.1. The van der Waals surface area contributed by atoms with Crippen LogP contribution < -0.4 is 15.8 Å². The van der Waals surface area contributed by atoms with Crippen LogP contribution in [0.5, 0.6) is 0 Å². The van der Waals surface area contributed by atoms with Gasteiger partial charge in [0.2, 0.25) is 0 Å². The highest BCUT2D eigenvalue weighted by molar-refractivity contribution is 7.21. The summed E-state index contributed by atoms with van der Waals surface area (Å²) in [5.41, 5.74) is 1.54. The number of carbonyl (C=O) groups is 1. The van der Waals surface area contributed by atoms with E-state index in [1.54, 1.807) is 4.57 Å². The van der Waals surface area contributed by atoms with Crippen molar-refractivity contribution in [3.8, 4) is 0 Å².